The third-order valence-electron chi connectivity index (χ3n) is 2.99. The lowest BCUT2D eigenvalue weighted by atomic mass is 10.1. The predicted molar refractivity (Wildman–Crippen MR) is 76.7 cm³/mol. The first-order valence-corrected chi connectivity index (χ1v) is 9.11. The summed E-state index contributed by atoms with van der Waals surface area (Å²) < 4.78 is 27.3. The minimum atomic E-state index is -3.42. The summed E-state index contributed by atoms with van der Waals surface area (Å²) in [6.45, 7) is 1.69. The number of aliphatic carboxylic acids is 1. The summed E-state index contributed by atoms with van der Waals surface area (Å²) in [5, 5.41) is 8.92. The molecule has 0 bridgehead atoms. The van der Waals surface area contributed by atoms with Crippen LogP contribution in [0.15, 0.2) is 0 Å². The maximum atomic E-state index is 11.8. The second-order valence-corrected chi connectivity index (χ2v) is 7.57. The summed E-state index contributed by atoms with van der Waals surface area (Å²) in [4.78, 5) is 24.2. The summed E-state index contributed by atoms with van der Waals surface area (Å²) in [6, 6.07) is 0. The quantitative estimate of drug-likeness (QED) is 0.773. The predicted octanol–water partition coefficient (Wildman–Crippen LogP) is 0.151. The molecule has 1 atom stereocenters. The number of hydrogen-bond acceptors (Lipinski definition) is 5. The summed E-state index contributed by atoms with van der Waals surface area (Å²) in [7, 11) is -3.42. The Morgan fingerprint density at radius 3 is 2.10 bits per heavy atom. The van der Waals surface area contributed by atoms with Crippen molar-refractivity contribution in [2.45, 2.75) is 25.7 Å². The Kier molecular flexibility index (Phi) is 7.10. The summed E-state index contributed by atoms with van der Waals surface area (Å²) in [6.07, 6.45) is 5.17. The fourth-order valence-corrected chi connectivity index (χ4v) is 2.73. The van der Waals surface area contributed by atoms with Crippen LogP contribution >= 0.6 is 0 Å². The van der Waals surface area contributed by atoms with Crippen molar-refractivity contribution in [2.24, 2.45) is 5.92 Å². The SMILES string of the molecule is C1CC1.CS(=O)(=O)CC(CC(=O)N1CCOCC1)C(=O)O. The van der Waals surface area contributed by atoms with Gasteiger partial charge in [-0.25, -0.2) is 8.42 Å². The van der Waals surface area contributed by atoms with Crippen molar-refractivity contribution < 1.29 is 27.9 Å². The molecule has 1 amide bonds. The van der Waals surface area contributed by atoms with Gasteiger partial charge in [0.05, 0.1) is 24.9 Å². The van der Waals surface area contributed by atoms with Gasteiger partial charge < -0.3 is 14.7 Å². The Morgan fingerprint density at radius 2 is 1.71 bits per heavy atom. The molecule has 2 fully saturated rings. The Bertz CT molecular complexity index is 451. The van der Waals surface area contributed by atoms with Crippen molar-refractivity contribution in [3.8, 4) is 0 Å². The van der Waals surface area contributed by atoms with E-state index in [0.29, 0.717) is 26.3 Å². The zero-order chi connectivity index (χ0) is 15.9. The van der Waals surface area contributed by atoms with E-state index in [0.717, 1.165) is 6.26 Å². The number of nitrogens with zero attached hydrogens (tertiary/aromatic N) is 1. The molecule has 0 aromatic heterocycles. The van der Waals surface area contributed by atoms with Crippen LogP contribution in [0, 0.1) is 5.92 Å². The number of morpholine rings is 1. The van der Waals surface area contributed by atoms with Crippen molar-refractivity contribution >= 4 is 21.7 Å². The monoisotopic (exact) mass is 321 g/mol. The standard InChI is InChI=1S/C10H17NO6S.C3H6/c1-18(15,16)7-8(10(13)14)6-9(12)11-2-4-17-5-3-11;1-2-3-1/h8H,2-7H2,1H3,(H,13,14);1-3H2. The lowest BCUT2D eigenvalue weighted by Crippen LogP contribution is -2.42. The molecular weight excluding hydrogens is 298 g/mol. The molecule has 122 valence electrons. The van der Waals surface area contributed by atoms with Gasteiger partial charge in [-0.05, 0) is 0 Å². The largest absolute Gasteiger partial charge is 0.481 e. The summed E-state index contributed by atoms with van der Waals surface area (Å²) in [5.74, 6) is -3.30. The van der Waals surface area contributed by atoms with Gasteiger partial charge in [0.1, 0.15) is 9.84 Å². The smallest absolute Gasteiger partial charge is 0.308 e. The molecule has 7 nitrogen and oxygen atoms in total. The molecule has 0 spiro atoms. The third kappa shape index (κ3) is 8.67. The first-order valence-electron chi connectivity index (χ1n) is 7.05. The van der Waals surface area contributed by atoms with Crippen LogP contribution in [0.2, 0.25) is 0 Å². The fourth-order valence-electron chi connectivity index (χ4n) is 1.74. The van der Waals surface area contributed by atoms with Gasteiger partial charge in [-0.15, -0.1) is 0 Å². The number of carbonyl (C=O) groups is 2. The number of ether oxygens (including phenoxy) is 1. The second kappa shape index (κ2) is 8.33. The molecular formula is C13H23NO6S. The van der Waals surface area contributed by atoms with Crippen LogP contribution < -0.4 is 0 Å². The molecule has 1 saturated heterocycles. The number of amides is 1. The number of hydrogen-bond donors (Lipinski definition) is 1. The van der Waals surface area contributed by atoms with E-state index in [2.05, 4.69) is 0 Å². The Labute approximate surface area is 125 Å². The van der Waals surface area contributed by atoms with E-state index in [1.165, 1.54) is 24.2 Å². The highest BCUT2D eigenvalue weighted by atomic mass is 32.2. The molecule has 1 heterocycles. The third-order valence-corrected chi connectivity index (χ3v) is 4.00. The van der Waals surface area contributed by atoms with Gasteiger partial charge in [0.15, 0.2) is 0 Å². The van der Waals surface area contributed by atoms with Crippen LogP contribution in [0.3, 0.4) is 0 Å². The highest BCUT2D eigenvalue weighted by Gasteiger charge is 2.28. The molecule has 8 heteroatoms. The molecule has 0 aromatic rings. The van der Waals surface area contributed by atoms with E-state index in [1.807, 2.05) is 0 Å². The van der Waals surface area contributed by atoms with Crippen LogP contribution in [0.5, 0.6) is 0 Å². The summed E-state index contributed by atoms with van der Waals surface area (Å²) >= 11 is 0. The minimum Gasteiger partial charge on any atom is -0.481 e. The van der Waals surface area contributed by atoms with Gasteiger partial charge in [-0.1, -0.05) is 19.3 Å². The number of sulfone groups is 1. The molecule has 21 heavy (non-hydrogen) atoms. The maximum absolute atomic E-state index is 11.8. The Morgan fingerprint density at radius 1 is 1.19 bits per heavy atom. The molecule has 1 N–H and O–H groups in total. The van der Waals surface area contributed by atoms with E-state index in [-0.39, 0.29) is 12.3 Å². The van der Waals surface area contributed by atoms with Crippen molar-refractivity contribution in [1.29, 1.82) is 0 Å². The number of rotatable bonds is 5. The maximum Gasteiger partial charge on any atom is 0.308 e. The molecule has 1 aliphatic carbocycles. The molecule has 1 aliphatic heterocycles. The highest BCUT2D eigenvalue weighted by molar-refractivity contribution is 7.90. The molecule has 2 rings (SSSR count). The van der Waals surface area contributed by atoms with Gasteiger partial charge in [-0.3, -0.25) is 9.59 Å². The van der Waals surface area contributed by atoms with E-state index in [1.54, 1.807) is 0 Å². The average molecular weight is 321 g/mol. The lowest BCUT2D eigenvalue weighted by molar-refractivity contribution is -0.146. The zero-order valence-electron chi connectivity index (χ0n) is 12.3. The zero-order valence-corrected chi connectivity index (χ0v) is 13.1. The van der Waals surface area contributed by atoms with Crippen molar-refractivity contribution in [1.82, 2.24) is 4.90 Å². The first kappa shape index (κ1) is 17.9. The van der Waals surface area contributed by atoms with Crippen LogP contribution in [0.4, 0.5) is 0 Å². The molecule has 2 aliphatic rings. The minimum absolute atomic E-state index is 0.289. The number of carboxylic acid groups (broad SMARTS) is 1. The van der Waals surface area contributed by atoms with Gasteiger partial charge in [0.25, 0.3) is 0 Å². The summed E-state index contributed by atoms with van der Waals surface area (Å²) in [5.41, 5.74) is 0. The van der Waals surface area contributed by atoms with Crippen molar-refractivity contribution in [3.05, 3.63) is 0 Å². The van der Waals surface area contributed by atoms with Crippen LogP contribution in [0.25, 0.3) is 0 Å². The van der Waals surface area contributed by atoms with E-state index in [9.17, 15) is 18.0 Å². The molecule has 0 radical (unpaired) electrons. The number of carbonyl (C=O) groups excluding carboxylic acids is 1. The Balaban J connectivity index is 0.000000647. The molecule has 0 aromatic carbocycles. The average Bonchev–Trinajstić information content (AvgIpc) is 3.25. The van der Waals surface area contributed by atoms with Gasteiger partial charge in [0, 0.05) is 25.8 Å². The lowest BCUT2D eigenvalue weighted by Gasteiger charge is -2.27. The molecule has 1 unspecified atom stereocenters. The highest BCUT2D eigenvalue weighted by Crippen LogP contribution is 2.15. The fraction of sp³-hybridized carbons (Fsp3) is 0.846. The van der Waals surface area contributed by atoms with E-state index >= 15 is 0 Å². The van der Waals surface area contributed by atoms with Gasteiger partial charge in [-0.2, -0.15) is 0 Å². The number of carboxylic acids is 1. The van der Waals surface area contributed by atoms with E-state index < -0.39 is 27.5 Å². The van der Waals surface area contributed by atoms with Crippen molar-refractivity contribution in [3.63, 3.8) is 0 Å². The Hall–Kier alpha value is -1.15. The molecule has 1 saturated carbocycles. The first-order chi connectivity index (χ1) is 9.79. The van der Waals surface area contributed by atoms with Crippen LogP contribution in [0.1, 0.15) is 25.7 Å². The van der Waals surface area contributed by atoms with Crippen LogP contribution in [-0.4, -0.2) is 68.6 Å². The van der Waals surface area contributed by atoms with E-state index in [4.69, 9.17) is 9.84 Å². The van der Waals surface area contributed by atoms with Gasteiger partial charge >= 0.3 is 5.97 Å². The van der Waals surface area contributed by atoms with Gasteiger partial charge in [0.2, 0.25) is 5.91 Å². The van der Waals surface area contributed by atoms with Crippen molar-refractivity contribution in [2.75, 3.05) is 38.3 Å². The normalized spacial score (nSPS) is 19.2. The van der Waals surface area contributed by atoms with Crippen LogP contribution in [-0.2, 0) is 24.2 Å². The second-order valence-electron chi connectivity index (χ2n) is 5.39. The topological polar surface area (TPSA) is 101 Å².